The number of allylic oxidation sites excluding steroid dienone is 1. The number of methoxy groups -OCH3 is 2. The largest absolute Gasteiger partial charge is 0.508 e. The van der Waals surface area contributed by atoms with E-state index in [1.54, 1.807) is 76.4 Å². The molecule has 1 unspecified atom stereocenters. The van der Waals surface area contributed by atoms with Gasteiger partial charge >= 0.3 is 5.97 Å². The summed E-state index contributed by atoms with van der Waals surface area (Å²) in [7, 11) is 3.08. The molecular weight excluding hydrogens is 468 g/mol. The van der Waals surface area contributed by atoms with Crippen LogP contribution in [0.2, 0.25) is 0 Å². The van der Waals surface area contributed by atoms with E-state index in [0.717, 1.165) is 5.56 Å². The van der Waals surface area contributed by atoms with Gasteiger partial charge in [0, 0.05) is 5.56 Å². The number of aromatic nitrogens is 1. The molecule has 0 saturated carbocycles. The summed E-state index contributed by atoms with van der Waals surface area (Å²) in [6.07, 6.45) is 1.38. The first-order valence-corrected chi connectivity index (χ1v) is 11.8. The van der Waals surface area contributed by atoms with Crippen LogP contribution in [0, 0.1) is 0 Å². The third-order valence-corrected chi connectivity index (χ3v) is 6.49. The lowest BCUT2D eigenvalue weighted by molar-refractivity contribution is -0.143. The number of phenols is 1. The average Bonchev–Trinajstić information content (AvgIpc) is 3.13. The Hall–Kier alpha value is -3.85. The second-order valence-corrected chi connectivity index (χ2v) is 9.24. The van der Waals surface area contributed by atoms with Crippen LogP contribution in [0.15, 0.2) is 63.5 Å². The highest BCUT2D eigenvalue weighted by molar-refractivity contribution is 7.07. The Morgan fingerprint density at radius 2 is 1.86 bits per heavy atom. The Morgan fingerprint density at radius 1 is 1.14 bits per heavy atom. The van der Waals surface area contributed by atoms with Gasteiger partial charge in [0.2, 0.25) is 0 Å². The van der Waals surface area contributed by atoms with E-state index in [-0.39, 0.29) is 23.0 Å². The topological polar surface area (TPSA) is 99.4 Å². The number of nitrogens with zero attached hydrogens (tertiary/aromatic N) is 2. The molecular formula is C26H26N2O6S. The molecule has 0 radical (unpaired) electrons. The van der Waals surface area contributed by atoms with Gasteiger partial charge in [-0.2, -0.15) is 0 Å². The molecule has 3 aromatic rings. The van der Waals surface area contributed by atoms with Crippen molar-refractivity contribution in [2.24, 2.45) is 4.99 Å². The number of benzene rings is 2. The van der Waals surface area contributed by atoms with Gasteiger partial charge in [-0.25, -0.2) is 9.79 Å². The van der Waals surface area contributed by atoms with Crippen molar-refractivity contribution in [1.82, 2.24) is 4.57 Å². The zero-order chi connectivity index (χ0) is 25.3. The van der Waals surface area contributed by atoms with E-state index >= 15 is 0 Å². The summed E-state index contributed by atoms with van der Waals surface area (Å²) in [5.41, 5.74) is 1.74. The molecule has 182 valence electrons. The number of aromatic hydroxyl groups is 1. The summed E-state index contributed by atoms with van der Waals surface area (Å²) < 4.78 is 18.5. The SMILES string of the molecule is COc1ccc(OC)c(C2C(C(=O)OC(C)C)=C(C)N=c3s/c(=C/c4ccc(O)cc4)c(=O)n32)c1. The van der Waals surface area contributed by atoms with Crippen LogP contribution < -0.4 is 24.4 Å². The molecule has 0 saturated heterocycles. The molecule has 1 N–H and O–H groups in total. The van der Waals surface area contributed by atoms with Crippen molar-refractivity contribution in [3.05, 3.63) is 84.5 Å². The zero-order valence-corrected chi connectivity index (χ0v) is 20.9. The summed E-state index contributed by atoms with van der Waals surface area (Å²) in [5, 5.41) is 9.57. The number of thiazole rings is 1. The molecule has 4 rings (SSSR count). The molecule has 2 heterocycles. The normalized spacial score (nSPS) is 15.6. The van der Waals surface area contributed by atoms with Crippen molar-refractivity contribution in [3.8, 4) is 17.2 Å². The second-order valence-electron chi connectivity index (χ2n) is 8.24. The fraction of sp³-hybridized carbons (Fsp3) is 0.269. The van der Waals surface area contributed by atoms with Gasteiger partial charge in [0.25, 0.3) is 5.56 Å². The number of ether oxygens (including phenoxy) is 3. The number of carbonyl (C=O) groups excluding carboxylic acids is 1. The third kappa shape index (κ3) is 4.72. The Kier molecular flexibility index (Phi) is 6.79. The molecule has 0 bridgehead atoms. The molecule has 1 atom stereocenters. The lowest BCUT2D eigenvalue weighted by Crippen LogP contribution is -2.40. The van der Waals surface area contributed by atoms with Gasteiger partial charge in [-0.15, -0.1) is 0 Å². The van der Waals surface area contributed by atoms with Gasteiger partial charge in [-0.1, -0.05) is 23.5 Å². The van der Waals surface area contributed by atoms with E-state index in [2.05, 4.69) is 4.99 Å². The fourth-order valence-corrected chi connectivity index (χ4v) is 4.98. The van der Waals surface area contributed by atoms with Gasteiger partial charge < -0.3 is 19.3 Å². The fourth-order valence-electron chi connectivity index (χ4n) is 3.93. The Bertz CT molecular complexity index is 1480. The van der Waals surface area contributed by atoms with E-state index in [1.807, 2.05) is 0 Å². The monoisotopic (exact) mass is 494 g/mol. The van der Waals surface area contributed by atoms with Crippen molar-refractivity contribution in [2.75, 3.05) is 14.2 Å². The molecule has 1 aromatic heterocycles. The molecule has 1 aliphatic rings. The van der Waals surface area contributed by atoms with E-state index in [1.165, 1.54) is 23.0 Å². The molecule has 1 aliphatic heterocycles. The second kappa shape index (κ2) is 9.79. The minimum absolute atomic E-state index is 0.137. The molecule has 0 amide bonds. The number of phenolic OH excluding ortho intramolecular Hbond substituents is 1. The molecule has 8 nitrogen and oxygen atoms in total. The predicted molar refractivity (Wildman–Crippen MR) is 133 cm³/mol. The minimum atomic E-state index is -0.829. The van der Waals surface area contributed by atoms with Crippen LogP contribution in [0.25, 0.3) is 6.08 Å². The Morgan fingerprint density at radius 3 is 2.49 bits per heavy atom. The van der Waals surface area contributed by atoms with Crippen molar-refractivity contribution < 1.29 is 24.1 Å². The minimum Gasteiger partial charge on any atom is -0.508 e. The average molecular weight is 495 g/mol. The number of rotatable bonds is 6. The molecule has 0 aliphatic carbocycles. The summed E-state index contributed by atoms with van der Waals surface area (Å²) in [4.78, 5) is 32.0. The van der Waals surface area contributed by atoms with Gasteiger partial charge in [0.05, 0.1) is 36.1 Å². The predicted octanol–water partition coefficient (Wildman–Crippen LogP) is 2.91. The van der Waals surface area contributed by atoms with Crippen LogP contribution in [-0.4, -0.2) is 36.0 Å². The van der Waals surface area contributed by atoms with Crippen LogP contribution in [-0.2, 0) is 9.53 Å². The standard InChI is InChI=1S/C26H26N2O6S/c1-14(2)34-25(31)22-15(3)27-26-28(23(22)19-13-18(32-4)10-11-20(19)33-5)24(30)21(35-26)12-16-6-8-17(29)9-7-16/h6-14,23,29H,1-5H3/b21-12+. The molecule has 35 heavy (non-hydrogen) atoms. The van der Waals surface area contributed by atoms with Crippen molar-refractivity contribution in [1.29, 1.82) is 0 Å². The first-order chi connectivity index (χ1) is 16.7. The Labute approximate surface area is 206 Å². The Balaban J connectivity index is 2.00. The highest BCUT2D eigenvalue weighted by Gasteiger charge is 2.35. The molecule has 9 heteroatoms. The van der Waals surface area contributed by atoms with Crippen LogP contribution in [0.3, 0.4) is 0 Å². The van der Waals surface area contributed by atoms with E-state index in [4.69, 9.17) is 14.2 Å². The number of hydrogen-bond donors (Lipinski definition) is 1. The van der Waals surface area contributed by atoms with Gasteiger partial charge in [-0.3, -0.25) is 9.36 Å². The zero-order valence-electron chi connectivity index (χ0n) is 20.1. The van der Waals surface area contributed by atoms with Gasteiger partial charge in [-0.05, 0) is 62.7 Å². The van der Waals surface area contributed by atoms with Crippen LogP contribution in [0.1, 0.15) is 37.9 Å². The molecule has 2 aromatic carbocycles. The number of fused-ring (bicyclic) bond motifs is 1. The number of carbonyl (C=O) groups is 1. The van der Waals surface area contributed by atoms with Crippen molar-refractivity contribution >= 4 is 23.4 Å². The molecule has 0 spiro atoms. The maximum absolute atomic E-state index is 13.7. The van der Waals surface area contributed by atoms with Crippen LogP contribution >= 0.6 is 11.3 Å². The first-order valence-electron chi connectivity index (χ1n) is 11.0. The summed E-state index contributed by atoms with van der Waals surface area (Å²) in [5.74, 6) is 0.633. The highest BCUT2D eigenvalue weighted by Crippen LogP contribution is 2.38. The summed E-state index contributed by atoms with van der Waals surface area (Å²) in [6.45, 7) is 5.26. The summed E-state index contributed by atoms with van der Waals surface area (Å²) in [6, 6.07) is 10.9. The molecule has 0 fully saturated rings. The van der Waals surface area contributed by atoms with Crippen LogP contribution in [0.4, 0.5) is 0 Å². The number of hydrogen-bond acceptors (Lipinski definition) is 8. The highest BCUT2D eigenvalue weighted by atomic mass is 32.1. The number of esters is 1. The third-order valence-electron chi connectivity index (χ3n) is 5.51. The maximum atomic E-state index is 13.7. The van der Waals surface area contributed by atoms with E-state index in [9.17, 15) is 14.7 Å². The van der Waals surface area contributed by atoms with E-state index in [0.29, 0.717) is 32.1 Å². The lowest BCUT2D eigenvalue weighted by Gasteiger charge is -2.26. The van der Waals surface area contributed by atoms with Crippen molar-refractivity contribution in [3.63, 3.8) is 0 Å². The first kappa shape index (κ1) is 24.3. The van der Waals surface area contributed by atoms with Crippen molar-refractivity contribution in [2.45, 2.75) is 32.9 Å². The van der Waals surface area contributed by atoms with Crippen LogP contribution in [0.5, 0.6) is 17.2 Å². The van der Waals surface area contributed by atoms with Gasteiger partial charge in [0.1, 0.15) is 23.3 Å². The summed E-state index contributed by atoms with van der Waals surface area (Å²) >= 11 is 1.22. The van der Waals surface area contributed by atoms with Gasteiger partial charge in [0.15, 0.2) is 4.80 Å². The maximum Gasteiger partial charge on any atom is 0.338 e. The lowest BCUT2D eigenvalue weighted by atomic mass is 9.94. The quantitative estimate of drug-likeness (QED) is 0.529. The smallest absolute Gasteiger partial charge is 0.338 e. The van der Waals surface area contributed by atoms with E-state index < -0.39 is 12.0 Å².